The van der Waals surface area contributed by atoms with Gasteiger partial charge in [0.25, 0.3) is 0 Å². The van der Waals surface area contributed by atoms with E-state index in [1.807, 2.05) is 26.8 Å². The Morgan fingerprint density at radius 3 is 1.94 bits per heavy atom. The van der Waals surface area contributed by atoms with E-state index in [4.69, 9.17) is 27.9 Å². The molecule has 0 bridgehead atoms. The van der Waals surface area contributed by atoms with Crippen LogP contribution < -0.4 is 4.74 Å². The number of hydrogen-bond acceptors (Lipinski definition) is 3. The minimum absolute atomic E-state index is 0.118. The van der Waals surface area contributed by atoms with Crippen molar-refractivity contribution in [1.82, 2.24) is 0 Å². The van der Waals surface area contributed by atoms with E-state index in [2.05, 4.69) is 6.58 Å². The molecule has 0 saturated heterocycles. The molecule has 0 spiro atoms. The first-order chi connectivity index (χ1) is 16.4. The molecule has 0 atom stereocenters. The van der Waals surface area contributed by atoms with Crippen molar-refractivity contribution in [3.8, 4) is 11.5 Å². The number of halogens is 2. The number of hydrogen-bond donors (Lipinski definition) is 0. The zero-order valence-electron chi connectivity index (χ0n) is 19.3. The lowest BCUT2D eigenvalue weighted by Crippen LogP contribution is -2.02. The highest BCUT2D eigenvalue weighted by Crippen LogP contribution is 2.26. The first-order valence-electron chi connectivity index (χ1n) is 10.8. The van der Waals surface area contributed by atoms with Crippen molar-refractivity contribution in [2.75, 3.05) is 0 Å². The molecule has 0 N–H and O–H groups in total. The van der Waals surface area contributed by atoms with E-state index in [1.165, 1.54) is 6.08 Å². The van der Waals surface area contributed by atoms with Crippen LogP contribution in [0.2, 0.25) is 10.0 Å². The molecule has 34 heavy (non-hydrogen) atoms. The van der Waals surface area contributed by atoms with Gasteiger partial charge in [-0.1, -0.05) is 67.9 Å². The molecule has 0 aromatic heterocycles. The maximum absolute atomic E-state index is 12.7. The van der Waals surface area contributed by atoms with Crippen molar-refractivity contribution >= 4 is 34.8 Å². The Morgan fingerprint density at radius 2 is 1.41 bits per heavy atom. The van der Waals surface area contributed by atoms with Gasteiger partial charge in [-0.2, -0.15) is 0 Å². The molecule has 0 fully saturated rings. The zero-order valence-corrected chi connectivity index (χ0v) is 20.9. The fourth-order valence-electron chi connectivity index (χ4n) is 2.91. The van der Waals surface area contributed by atoms with Crippen molar-refractivity contribution in [2.24, 2.45) is 0 Å². The molecular weight excluding hydrogens is 467 g/mol. The highest BCUT2D eigenvalue weighted by atomic mass is 35.5. The summed E-state index contributed by atoms with van der Waals surface area (Å²) < 4.78 is 5.83. The van der Waals surface area contributed by atoms with Crippen molar-refractivity contribution in [2.45, 2.75) is 20.8 Å². The van der Waals surface area contributed by atoms with Gasteiger partial charge < -0.3 is 4.74 Å². The molecule has 0 unspecified atom stereocenters. The van der Waals surface area contributed by atoms with Crippen molar-refractivity contribution < 1.29 is 14.3 Å². The largest absolute Gasteiger partial charge is 0.457 e. The molecule has 0 saturated carbocycles. The molecule has 0 aliphatic rings. The van der Waals surface area contributed by atoms with Crippen molar-refractivity contribution in [3.63, 3.8) is 0 Å². The number of carbonyl (C=O) groups is 2. The zero-order chi connectivity index (χ0) is 25.1. The monoisotopic (exact) mass is 492 g/mol. The van der Waals surface area contributed by atoms with Gasteiger partial charge in [-0.25, -0.2) is 0 Å². The Bertz CT molecular complexity index is 1210. The highest BCUT2D eigenvalue weighted by Gasteiger charge is 2.14. The van der Waals surface area contributed by atoms with Gasteiger partial charge in [-0.3, -0.25) is 9.59 Å². The second-order valence-corrected chi connectivity index (χ2v) is 7.63. The fraction of sp³-hybridized carbons (Fsp3) is 0.103. The molecule has 3 rings (SSSR count). The van der Waals surface area contributed by atoms with Crippen LogP contribution in [0.4, 0.5) is 0 Å². The van der Waals surface area contributed by atoms with Gasteiger partial charge in [0.1, 0.15) is 11.5 Å². The number of carbonyl (C=O) groups excluding carboxylic acids is 2. The van der Waals surface area contributed by atoms with Gasteiger partial charge in [0.2, 0.25) is 0 Å². The van der Waals surface area contributed by atoms with Gasteiger partial charge in [-0.05, 0) is 73.7 Å². The molecule has 3 aromatic carbocycles. The summed E-state index contributed by atoms with van der Waals surface area (Å²) in [5.41, 5.74) is 1.85. The van der Waals surface area contributed by atoms with Crippen LogP contribution in [-0.4, -0.2) is 11.6 Å². The summed E-state index contributed by atoms with van der Waals surface area (Å²) in [6.07, 6.45) is 6.89. The molecule has 0 radical (unpaired) electrons. The Morgan fingerprint density at radius 1 is 0.853 bits per heavy atom. The number of allylic oxidation sites excluding steroid dienone is 5. The van der Waals surface area contributed by atoms with Crippen LogP contribution in [0.3, 0.4) is 0 Å². The average molecular weight is 493 g/mol. The predicted molar refractivity (Wildman–Crippen MR) is 142 cm³/mol. The van der Waals surface area contributed by atoms with Gasteiger partial charge >= 0.3 is 0 Å². The van der Waals surface area contributed by atoms with Crippen LogP contribution in [0.15, 0.2) is 103 Å². The lowest BCUT2D eigenvalue weighted by Gasteiger charge is -2.08. The maximum atomic E-state index is 12.7. The maximum Gasteiger partial charge on any atom is 0.194 e. The van der Waals surface area contributed by atoms with Gasteiger partial charge in [0.15, 0.2) is 11.6 Å². The SMILES string of the molecule is C=C/C(=C\C=C/C)C(=O)c1ccc(Oc2ccc(C(=O)c3cc(Cl)ccc3Cl)cc2)cc1.CC. The molecule has 0 aliphatic carbocycles. The molecule has 0 aliphatic heterocycles. The minimum Gasteiger partial charge on any atom is -0.457 e. The third-order valence-corrected chi connectivity index (χ3v) is 5.16. The number of rotatable bonds is 8. The summed E-state index contributed by atoms with van der Waals surface area (Å²) >= 11 is 12.1. The Kier molecular flexibility index (Phi) is 10.5. The first-order valence-corrected chi connectivity index (χ1v) is 11.6. The van der Waals surface area contributed by atoms with E-state index >= 15 is 0 Å². The van der Waals surface area contributed by atoms with E-state index in [0.29, 0.717) is 43.8 Å². The van der Waals surface area contributed by atoms with E-state index < -0.39 is 0 Å². The summed E-state index contributed by atoms with van der Waals surface area (Å²) in [5, 5.41) is 0.784. The molecule has 5 heteroatoms. The lowest BCUT2D eigenvalue weighted by atomic mass is 10.0. The topological polar surface area (TPSA) is 43.4 Å². The molecule has 3 aromatic rings. The highest BCUT2D eigenvalue weighted by molar-refractivity contribution is 6.36. The van der Waals surface area contributed by atoms with Crippen LogP contribution in [0, 0.1) is 0 Å². The molecule has 174 valence electrons. The normalized spacial score (nSPS) is 10.9. The smallest absolute Gasteiger partial charge is 0.194 e. The average Bonchev–Trinajstić information content (AvgIpc) is 2.87. The molecular formula is C29H26Cl2O3. The molecule has 3 nitrogen and oxygen atoms in total. The van der Waals surface area contributed by atoms with Gasteiger partial charge in [0, 0.05) is 27.3 Å². The standard InChI is InChI=1S/C27H20Cl2O3.C2H6/c1-3-5-6-18(4-2)26(30)19-7-12-22(13-8-19)32-23-14-9-20(10-15-23)27(31)24-17-21(28)11-16-25(24)29;1-2/h3-17H,2H2,1H3;1-2H3/b5-3-,18-6+;. The van der Waals surface area contributed by atoms with E-state index in [9.17, 15) is 9.59 Å². The number of ketones is 2. The third kappa shape index (κ3) is 7.05. The quantitative estimate of drug-likeness (QED) is 0.179. The summed E-state index contributed by atoms with van der Waals surface area (Å²) in [6, 6.07) is 18.3. The van der Waals surface area contributed by atoms with Crippen molar-refractivity contribution in [3.05, 3.63) is 130 Å². The second kappa shape index (κ2) is 13.3. The summed E-state index contributed by atoms with van der Waals surface area (Å²) in [4.78, 5) is 25.3. The lowest BCUT2D eigenvalue weighted by molar-refractivity contribution is 0.103. The van der Waals surface area contributed by atoms with Crippen molar-refractivity contribution in [1.29, 1.82) is 0 Å². The van der Waals surface area contributed by atoms with Crippen LogP contribution in [0.25, 0.3) is 0 Å². The number of ether oxygens (including phenoxy) is 1. The van der Waals surface area contributed by atoms with Gasteiger partial charge in [0.05, 0.1) is 5.02 Å². The molecule has 0 heterocycles. The fourth-order valence-corrected chi connectivity index (χ4v) is 3.29. The van der Waals surface area contributed by atoms with Crippen LogP contribution in [0.5, 0.6) is 11.5 Å². The third-order valence-electron chi connectivity index (χ3n) is 4.59. The van der Waals surface area contributed by atoms with Crippen LogP contribution in [0.1, 0.15) is 47.1 Å². The van der Waals surface area contributed by atoms with Crippen LogP contribution in [-0.2, 0) is 0 Å². The van der Waals surface area contributed by atoms with E-state index in [-0.39, 0.29) is 11.6 Å². The summed E-state index contributed by atoms with van der Waals surface area (Å²) in [6.45, 7) is 9.57. The van der Waals surface area contributed by atoms with Gasteiger partial charge in [-0.15, -0.1) is 0 Å². The summed E-state index contributed by atoms with van der Waals surface area (Å²) in [7, 11) is 0. The molecule has 0 amide bonds. The predicted octanol–water partition coefficient (Wildman–Crippen LogP) is 8.91. The summed E-state index contributed by atoms with van der Waals surface area (Å²) in [5.74, 6) is 0.775. The van der Waals surface area contributed by atoms with Crippen LogP contribution >= 0.6 is 23.2 Å². The van der Waals surface area contributed by atoms with E-state index in [0.717, 1.165) is 0 Å². The Balaban J connectivity index is 0.00000199. The first kappa shape index (κ1) is 26.8. The van der Waals surface area contributed by atoms with E-state index in [1.54, 1.807) is 78.9 Å². The number of benzene rings is 3. The Hall–Kier alpha value is -3.40. The second-order valence-electron chi connectivity index (χ2n) is 6.79. The Labute approximate surface area is 211 Å². The minimum atomic E-state index is -0.226. The number of Topliss-reactive ketones (excluding diaryl/α,β-unsaturated/α-hetero) is 1.